The molecule has 0 saturated heterocycles. The molecule has 0 aliphatic carbocycles. The van der Waals surface area contributed by atoms with Crippen LogP contribution in [0.3, 0.4) is 0 Å². The molecule has 0 fully saturated rings. The van der Waals surface area contributed by atoms with E-state index in [9.17, 15) is 10.2 Å². The van der Waals surface area contributed by atoms with Crippen molar-refractivity contribution in [1.29, 1.82) is 0 Å². The van der Waals surface area contributed by atoms with E-state index < -0.39 is 0 Å². The number of hydrogen-bond donors (Lipinski definition) is 2. The summed E-state index contributed by atoms with van der Waals surface area (Å²) in [5.74, 6) is 7.86. The van der Waals surface area contributed by atoms with E-state index in [0.29, 0.717) is 76.7 Å². The summed E-state index contributed by atoms with van der Waals surface area (Å²) in [5.41, 5.74) is 4.23. The van der Waals surface area contributed by atoms with Gasteiger partial charge in [-0.15, -0.1) is 0 Å². The standard InChI is InChI=1S/C38H49N3O5.C24H21N3O3.2CH4/c1-6-10-12-26(8-3)24-45-30-18-20-32(34(42)22-30)37-39-36(28-14-16-29(44-5)17-15-28)40-38(41-37)33-21-19-31(23-35(33)43)46-25-27(9-4)13-11-7-2;1-28-19-10-4-16(5-11-19)22-25-23(17-6-12-20(29-2)13-7-17)27-24(26-22)18-8-14-21(30-3)15-9-18;;/h14-23,26-27,42-43H,6-13,24-25H2,1-5H3;4-15H,1-3H3;2*1H4. The molecular weight excluding hydrogens is 981 g/mol. The van der Waals surface area contributed by atoms with Gasteiger partial charge in [-0.05, 0) is 146 Å². The predicted molar refractivity (Wildman–Crippen MR) is 313 cm³/mol. The summed E-state index contributed by atoms with van der Waals surface area (Å²) >= 11 is 0. The van der Waals surface area contributed by atoms with E-state index in [1.54, 1.807) is 52.7 Å². The Balaban J connectivity index is 0.000000303. The lowest BCUT2D eigenvalue weighted by Gasteiger charge is -2.16. The molecule has 0 aliphatic heterocycles. The molecule has 14 heteroatoms. The molecule has 2 heterocycles. The first-order valence-corrected chi connectivity index (χ1v) is 26.1. The number of methoxy groups -OCH3 is 4. The second-order valence-corrected chi connectivity index (χ2v) is 18.3. The minimum Gasteiger partial charge on any atom is -0.507 e. The van der Waals surface area contributed by atoms with Crippen molar-refractivity contribution in [2.24, 2.45) is 11.8 Å². The fraction of sp³-hybridized carbons (Fsp3) is 0.344. The second-order valence-electron chi connectivity index (χ2n) is 18.3. The van der Waals surface area contributed by atoms with Crippen molar-refractivity contribution in [2.75, 3.05) is 41.7 Å². The van der Waals surface area contributed by atoms with Crippen LogP contribution in [0.15, 0.2) is 133 Å². The van der Waals surface area contributed by atoms with E-state index in [2.05, 4.69) is 27.7 Å². The van der Waals surface area contributed by atoms with Crippen LogP contribution in [-0.4, -0.2) is 81.8 Å². The largest absolute Gasteiger partial charge is 0.507 e. The molecule has 2 atom stereocenters. The summed E-state index contributed by atoms with van der Waals surface area (Å²) in [6.07, 6.45) is 9.00. The number of rotatable bonds is 24. The maximum atomic E-state index is 11.1. The molecule has 0 saturated carbocycles. The third-order valence-corrected chi connectivity index (χ3v) is 13.1. The van der Waals surface area contributed by atoms with Crippen LogP contribution >= 0.6 is 0 Å². The normalized spacial score (nSPS) is 11.4. The highest BCUT2D eigenvalue weighted by atomic mass is 16.5. The first kappa shape index (κ1) is 60.6. The van der Waals surface area contributed by atoms with Crippen LogP contribution < -0.4 is 28.4 Å². The minimum atomic E-state index is -0.00143. The Bertz CT molecular complexity index is 2820. The fourth-order valence-electron chi connectivity index (χ4n) is 8.27. The molecule has 2 unspecified atom stereocenters. The van der Waals surface area contributed by atoms with Gasteiger partial charge < -0.3 is 38.6 Å². The van der Waals surface area contributed by atoms with Crippen LogP contribution in [-0.2, 0) is 0 Å². The van der Waals surface area contributed by atoms with E-state index in [1.165, 1.54) is 12.8 Å². The Morgan fingerprint density at radius 3 is 0.859 bits per heavy atom. The first-order chi connectivity index (χ1) is 37.1. The monoisotopic (exact) mass is 1060 g/mol. The third kappa shape index (κ3) is 16.4. The van der Waals surface area contributed by atoms with Crippen LogP contribution in [0.4, 0.5) is 0 Å². The molecule has 0 radical (unpaired) electrons. The van der Waals surface area contributed by atoms with Crippen molar-refractivity contribution in [3.63, 3.8) is 0 Å². The van der Waals surface area contributed by atoms with E-state index in [4.69, 9.17) is 58.3 Å². The number of phenolic OH excluding ortho intramolecular Hbond substituents is 2. The molecule has 8 aromatic rings. The lowest BCUT2D eigenvalue weighted by Crippen LogP contribution is -2.11. The summed E-state index contributed by atoms with van der Waals surface area (Å²) in [6, 6.07) is 40.7. The predicted octanol–water partition coefficient (Wildman–Crippen LogP) is 15.7. The van der Waals surface area contributed by atoms with Gasteiger partial charge >= 0.3 is 0 Å². The van der Waals surface area contributed by atoms with Gasteiger partial charge in [0.2, 0.25) is 0 Å². The quantitative estimate of drug-likeness (QED) is 0.0585. The second kappa shape index (κ2) is 30.5. The van der Waals surface area contributed by atoms with Crippen molar-refractivity contribution < 1.29 is 38.6 Å². The smallest absolute Gasteiger partial charge is 0.167 e. The highest BCUT2D eigenvalue weighted by Gasteiger charge is 2.19. The van der Waals surface area contributed by atoms with Crippen molar-refractivity contribution in [1.82, 2.24) is 29.9 Å². The summed E-state index contributed by atoms with van der Waals surface area (Å²) in [5, 5.41) is 22.2. The average molecular weight is 1060 g/mol. The topological polar surface area (TPSA) is 173 Å². The first-order valence-electron chi connectivity index (χ1n) is 26.1. The van der Waals surface area contributed by atoms with Crippen LogP contribution in [0.1, 0.15) is 93.9 Å². The lowest BCUT2D eigenvalue weighted by atomic mass is 10.0. The van der Waals surface area contributed by atoms with Crippen LogP contribution in [0.5, 0.6) is 46.0 Å². The highest BCUT2D eigenvalue weighted by Crippen LogP contribution is 2.37. The molecule has 2 aromatic heterocycles. The van der Waals surface area contributed by atoms with Gasteiger partial charge in [-0.2, -0.15) is 0 Å². The number of unbranched alkanes of at least 4 members (excludes halogenated alkanes) is 2. The average Bonchev–Trinajstić information content (AvgIpc) is 3.56. The van der Waals surface area contributed by atoms with Gasteiger partial charge in [0.05, 0.1) is 52.8 Å². The Morgan fingerprint density at radius 1 is 0.359 bits per heavy atom. The molecule has 0 aliphatic rings. The van der Waals surface area contributed by atoms with E-state index in [1.807, 2.05) is 109 Å². The summed E-state index contributed by atoms with van der Waals surface area (Å²) in [4.78, 5) is 28.3. The highest BCUT2D eigenvalue weighted by molar-refractivity contribution is 5.73. The minimum absolute atomic E-state index is 0. The van der Waals surface area contributed by atoms with E-state index in [0.717, 1.165) is 78.0 Å². The number of benzene rings is 6. The van der Waals surface area contributed by atoms with Crippen LogP contribution in [0.25, 0.3) is 68.3 Å². The van der Waals surface area contributed by atoms with E-state index >= 15 is 0 Å². The molecule has 2 N–H and O–H groups in total. The fourth-order valence-corrected chi connectivity index (χ4v) is 8.27. The number of hydrogen-bond acceptors (Lipinski definition) is 14. The number of nitrogens with zero attached hydrogens (tertiary/aromatic N) is 6. The number of phenols is 2. The van der Waals surface area contributed by atoms with Crippen molar-refractivity contribution in [3.05, 3.63) is 133 Å². The van der Waals surface area contributed by atoms with Gasteiger partial charge in [-0.1, -0.05) is 81.1 Å². The molecule has 412 valence electrons. The zero-order chi connectivity index (χ0) is 53.8. The van der Waals surface area contributed by atoms with Crippen molar-refractivity contribution >= 4 is 0 Å². The maximum Gasteiger partial charge on any atom is 0.167 e. The summed E-state index contributed by atoms with van der Waals surface area (Å²) < 4.78 is 33.2. The summed E-state index contributed by atoms with van der Waals surface area (Å²) in [6.45, 7) is 9.95. The molecule has 0 amide bonds. The summed E-state index contributed by atoms with van der Waals surface area (Å²) in [7, 11) is 6.53. The van der Waals surface area contributed by atoms with Crippen molar-refractivity contribution in [3.8, 4) is 114 Å². The number of aromatic nitrogens is 6. The molecule has 0 spiro atoms. The van der Waals surface area contributed by atoms with Gasteiger partial charge in [0.25, 0.3) is 0 Å². The lowest BCUT2D eigenvalue weighted by molar-refractivity contribution is 0.232. The third-order valence-electron chi connectivity index (χ3n) is 13.1. The van der Waals surface area contributed by atoms with Crippen LogP contribution in [0, 0.1) is 11.8 Å². The van der Waals surface area contributed by atoms with E-state index in [-0.39, 0.29) is 38.0 Å². The zero-order valence-corrected chi connectivity index (χ0v) is 45.0. The molecule has 78 heavy (non-hydrogen) atoms. The molecule has 6 aromatic carbocycles. The Morgan fingerprint density at radius 2 is 0.615 bits per heavy atom. The van der Waals surface area contributed by atoms with Gasteiger partial charge in [0.1, 0.15) is 46.0 Å². The number of aromatic hydroxyl groups is 2. The number of ether oxygens (including phenoxy) is 6. The zero-order valence-electron chi connectivity index (χ0n) is 45.0. The van der Waals surface area contributed by atoms with Crippen LogP contribution in [0.2, 0.25) is 0 Å². The molecular formula is C64H78N6O8. The van der Waals surface area contributed by atoms with Gasteiger partial charge in [-0.3, -0.25) is 0 Å². The molecule has 14 nitrogen and oxygen atoms in total. The SMILES string of the molecule is C.C.CCCCC(CC)COc1ccc(-c2nc(-c3ccc(OC)cc3)nc(-c3ccc(OCC(CC)CCCC)cc3O)n2)c(O)c1.COc1ccc(-c2nc(-c3ccc(OC)cc3)nc(-c3ccc(OC)cc3)n2)cc1. The molecule has 0 bridgehead atoms. The molecule has 8 rings (SSSR count). The Kier molecular flexibility index (Phi) is 23.7. The maximum absolute atomic E-state index is 11.1. The Labute approximate surface area is 461 Å². The van der Waals surface area contributed by atoms with Crippen molar-refractivity contribution in [2.45, 2.75) is 93.9 Å². The Hall–Kier alpha value is -8.26. The van der Waals surface area contributed by atoms with Gasteiger partial charge in [0.15, 0.2) is 34.9 Å². The van der Waals surface area contributed by atoms with Gasteiger partial charge in [0, 0.05) is 34.4 Å². The van der Waals surface area contributed by atoms with Gasteiger partial charge in [-0.25, -0.2) is 29.9 Å².